The van der Waals surface area contributed by atoms with Gasteiger partial charge in [-0.25, -0.2) is 0 Å². The number of amides is 1. The van der Waals surface area contributed by atoms with Crippen molar-refractivity contribution in [3.8, 4) is 11.5 Å². The van der Waals surface area contributed by atoms with Crippen molar-refractivity contribution in [2.45, 2.75) is 39.3 Å². The summed E-state index contributed by atoms with van der Waals surface area (Å²) in [6.45, 7) is 4.78. The van der Waals surface area contributed by atoms with E-state index in [4.69, 9.17) is 9.47 Å². The molecule has 1 aromatic heterocycles. The molecular formula is C20H24N2O3S. The Morgan fingerprint density at radius 1 is 1.27 bits per heavy atom. The highest BCUT2D eigenvalue weighted by molar-refractivity contribution is 7.16. The van der Waals surface area contributed by atoms with Crippen molar-refractivity contribution in [3.63, 3.8) is 0 Å². The molecule has 0 saturated carbocycles. The molecule has 2 heterocycles. The van der Waals surface area contributed by atoms with E-state index < -0.39 is 0 Å². The predicted molar refractivity (Wildman–Crippen MR) is 104 cm³/mol. The summed E-state index contributed by atoms with van der Waals surface area (Å²) in [5.74, 6) is 2.09. The summed E-state index contributed by atoms with van der Waals surface area (Å²) in [7, 11) is 1.63. The third-order valence-corrected chi connectivity index (χ3v) is 6.30. The number of rotatable bonds is 4. The summed E-state index contributed by atoms with van der Waals surface area (Å²) in [5.41, 5.74) is 3.05. The van der Waals surface area contributed by atoms with Crippen LogP contribution in [0.4, 0.5) is 5.00 Å². The van der Waals surface area contributed by atoms with Crippen LogP contribution in [-0.2, 0) is 12.8 Å². The van der Waals surface area contributed by atoms with E-state index in [1.54, 1.807) is 18.4 Å². The number of carbonyl (C=O) groups excluding carboxylic acids is 1. The summed E-state index contributed by atoms with van der Waals surface area (Å²) in [5, 5.41) is 7.61. The smallest absolute Gasteiger partial charge is 0.256 e. The van der Waals surface area contributed by atoms with Gasteiger partial charge in [-0.15, -0.1) is 11.3 Å². The molecule has 0 spiro atoms. The second-order valence-electron chi connectivity index (χ2n) is 6.95. The topological polar surface area (TPSA) is 59.6 Å². The van der Waals surface area contributed by atoms with Gasteiger partial charge in [0.1, 0.15) is 11.2 Å². The van der Waals surface area contributed by atoms with Crippen molar-refractivity contribution >= 4 is 22.2 Å². The molecule has 2 aliphatic rings. The Kier molecular flexibility index (Phi) is 4.53. The molecule has 0 bridgehead atoms. The standard InChI is InChI=1S/C20H24N2O3S/c1-4-25-15-10-12(6-8-14(15)24-3)18-21-19(23)17-13-7-5-11(2)9-16(13)26-20(17)22-18/h6,8,10-11,18,22H,4-5,7,9H2,1-3H3,(H,21,23). The maximum atomic E-state index is 12.8. The summed E-state index contributed by atoms with van der Waals surface area (Å²) in [4.78, 5) is 14.2. The average Bonchev–Trinajstić information content (AvgIpc) is 2.99. The van der Waals surface area contributed by atoms with Gasteiger partial charge in [0.05, 0.1) is 19.3 Å². The molecular weight excluding hydrogens is 348 g/mol. The number of thiophene rings is 1. The Bertz CT molecular complexity index is 846. The molecule has 6 heteroatoms. The van der Waals surface area contributed by atoms with E-state index in [9.17, 15) is 4.79 Å². The highest BCUT2D eigenvalue weighted by atomic mass is 32.1. The number of hydrogen-bond donors (Lipinski definition) is 2. The van der Waals surface area contributed by atoms with Gasteiger partial charge >= 0.3 is 0 Å². The van der Waals surface area contributed by atoms with Crippen LogP contribution >= 0.6 is 11.3 Å². The number of methoxy groups -OCH3 is 1. The lowest BCUT2D eigenvalue weighted by Gasteiger charge is -2.27. The molecule has 1 aromatic carbocycles. The summed E-state index contributed by atoms with van der Waals surface area (Å²) < 4.78 is 11.0. The van der Waals surface area contributed by atoms with Crippen LogP contribution < -0.4 is 20.1 Å². The van der Waals surface area contributed by atoms with Crippen molar-refractivity contribution in [2.75, 3.05) is 19.0 Å². The molecule has 1 aliphatic heterocycles. The maximum Gasteiger partial charge on any atom is 0.256 e. The number of hydrogen-bond acceptors (Lipinski definition) is 5. The minimum absolute atomic E-state index is 0.0181. The molecule has 1 amide bonds. The van der Waals surface area contributed by atoms with Gasteiger partial charge in [-0.2, -0.15) is 0 Å². The molecule has 2 unspecified atom stereocenters. The minimum Gasteiger partial charge on any atom is -0.493 e. The van der Waals surface area contributed by atoms with Gasteiger partial charge in [0.2, 0.25) is 0 Å². The predicted octanol–water partition coefficient (Wildman–Crippen LogP) is 4.13. The normalized spacial score (nSPS) is 21.3. The van der Waals surface area contributed by atoms with Crippen molar-refractivity contribution in [2.24, 2.45) is 5.92 Å². The van der Waals surface area contributed by atoms with Crippen molar-refractivity contribution in [1.29, 1.82) is 0 Å². The highest BCUT2D eigenvalue weighted by Crippen LogP contribution is 2.43. The molecule has 2 N–H and O–H groups in total. The molecule has 0 fully saturated rings. The highest BCUT2D eigenvalue weighted by Gasteiger charge is 2.33. The van der Waals surface area contributed by atoms with Gasteiger partial charge in [0.15, 0.2) is 11.5 Å². The SMILES string of the molecule is CCOc1cc(C2NC(=O)c3c(sc4c3CCC(C)C4)N2)ccc1OC. The first-order valence-corrected chi connectivity index (χ1v) is 9.95. The number of fused-ring (bicyclic) bond motifs is 3. The average molecular weight is 372 g/mol. The van der Waals surface area contributed by atoms with Crippen molar-refractivity contribution in [1.82, 2.24) is 5.32 Å². The summed E-state index contributed by atoms with van der Waals surface area (Å²) >= 11 is 1.74. The third kappa shape index (κ3) is 2.92. The van der Waals surface area contributed by atoms with E-state index in [1.807, 2.05) is 25.1 Å². The second kappa shape index (κ2) is 6.83. The van der Waals surface area contributed by atoms with Crippen LogP contribution in [0.1, 0.15) is 52.8 Å². The molecule has 5 nitrogen and oxygen atoms in total. The fourth-order valence-electron chi connectivity index (χ4n) is 3.77. The fraction of sp³-hybridized carbons (Fsp3) is 0.450. The Morgan fingerprint density at radius 2 is 2.12 bits per heavy atom. The van der Waals surface area contributed by atoms with Gasteiger partial charge in [0.25, 0.3) is 5.91 Å². The summed E-state index contributed by atoms with van der Waals surface area (Å²) in [6, 6.07) is 5.77. The lowest BCUT2D eigenvalue weighted by molar-refractivity contribution is 0.0935. The summed E-state index contributed by atoms with van der Waals surface area (Å²) in [6.07, 6.45) is 2.96. The monoisotopic (exact) mass is 372 g/mol. The number of anilines is 1. The van der Waals surface area contributed by atoms with E-state index in [1.165, 1.54) is 10.4 Å². The number of nitrogens with one attached hydrogen (secondary N) is 2. The Balaban J connectivity index is 1.65. The maximum absolute atomic E-state index is 12.8. The minimum atomic E-state index is -0.266. The van der Waals surface area contributed by atoms with Crippen LogP contribution in [0, 0.1) is 5.92 Å². The molecule has 2 aromatic rings. The Hall–Kier alpha value is -2.21. The molecule has 138 valence electrons. The van der Waals surface area contributed by atoms with Crippen LogP contribution in [0.15, 0.2) is 18.2 Å². The van der Waals surface area contributed by atoms with Gasteiger partial charge in [-0.05, 0) is 55.4 Å². The van der Waals surface area contributed by atoms with Crippen molar-refractivity contribution in [3.05, 3.63) is 39.8 Å². The number of ether oxygens (including phenoxy) is 2. The zero-order chi connectivity index (χ0) is 18.3. The Labute approximate surface area is 157 Å². The first-order valence-electron chi connectivity index (χ1n) is 9.13. The molecule has 0 radical (unpaired) electrons. The van der Waals surface area contributed by atoms with Gasteiger partial charge in [-0.3, -0.25) is 4.79 Å². The largest absolute Gasteiger partial charge is 0.493 e. The van der Waals surface area contributed by atoms with E-state index in [-0.39, 0.29) is 12.1 Å². The first-order chi connectivity index (χ1) is 12.6. The van der Waals surface area contributed by atoms with Crippen LogP contribution in [-0.4, -0.2) is 19.6 Å². The number of carbonyl (C=O) groups is 1. The lowest BCUT2D eigenvalue weighted by Crippen LogP contribution is -2.38. The van der Waals surface area contributed by atoms with Crippen LogP contribution in [0.2, 0.25) is 0 Å². The zero-order valence-electron chi connectivity index (χ0n) is 15.3. The first kappa shape index (κ1) is 17.2. The second-order valence-corrected chi connectivity index (χ2v) is 8.06. The number of benzene rings is 1. The molecule has 0 saturated heterocycles. The quantitative estimate of drug-likeness (QED) is 0.847. The van der Waals surface area contributed by atoms with Crippen molar-refractivity contribution < 1.29 is 14.3 Å². The molecule has 1 aliphatic carbocycles. The lowest BCUT2D eigenvalue weighted by atomic mass is 9.88. The van der Waals surface area contributed by atoms with E-state index in [0.29, 0.717) is 24.0 Å². The van der Waals surface area contributed by atoms with Crippen LogP contribution in [0.25, 0.3) is 0 Å². The van der Waals surface area contributed by atoms with E-state index in [0.717, 1.165) is 35.4 Å². The Morgan fingerprint density at radius 3 is 2.88 bits per heavy atom. The van der Waals surface area contributed by atoms with E-state index >= 15 is 0 Å². The van der Waals surface area contributed by atoms with Gasteiger partial charge in [-0.1, -0.05) is 13.0 Å². The molecule has 26 heavy (non-hydrogen) atoms. The fourth-order valence-corrected chi connectivity index (χ4v) is 5.21. The third-order valence-electron chi connectivity index (χ3n) is 5.11. The van der Waals surface area contributed by atoms with Gasteiger partial charge in [0, 0.05) is 4.88 Å². The molecule has 4 rings (SSSR count). The van der Waals surface area contributed by atoms with Crippen LogP contribution in [0.3, 0.4) is 0 Å². The molecule has 2 atom stereocenters. The van der Waals surface area contributed by atoms with Gasteiger partial charge < -0.3 is 20.1 Å². The van der Waals surface area contributed by atoms with Crippen LogP contribution in [0.5, 0.6) is 11.5 Å². The zero-order valence-corrected chi connectivity index (χ0v) is 16.2. The van der Waals surface area contributed by atoms with E-state index in [2.05, 4.69) is 17.6 Å².